The molecule has 4 atom stereocenters. The lowest BCUT2D eigenvalue weighted by Crippen LogP contribution is -2.24. The minimum absolute atomic E-state index is 0.477. The third-order valence-electron chi connectivity index (χ3n) is 3.62. The molecule has 0 saturated heterocycles. The standard InChI is InChI=1S/C11H23N3/c1-7(2)8(3)10-6-11(10)9(4)13-14-12-5/h7-11H,6H2,1-5H3,(H,12,13). The summed E-state index contributed by atoms with van der Waals surface area (Å²) in [7, 11) is 1.70. The Morgan fingerprint density at radius 1 is 1.14 bits per heavy atom. The summed E-state index contributed by atoms with van der Waals surface area (Å²) in [5.74, 6) is 3.33. The van der Waals surface area contributed by atoms with Crippen LogP contribution in [0.4, 0.5) is 0 Å². The Hall–Kier alpha value is -0.600. The molecule has 82 valence electrons. The van der Waals surface area contributed by atoms with Crippen LogP contribution in [0.5, 0.6) is 0 Å². The highest BCUT2D eigenvalue weighted by atomic mass is 15.4. The normalized spacial score (nSPS) is 30.7. The topological polar surface area (TPSA) is 36.8 Å². The molecular weight excluding hydrogens is 174 g/mol. The number of hydrogen-bond donors (Lipinski definition) is 1. The highest BCUT2D eigenvalue weighted by Gasteiger charge is 2.44. The van der Waals surface area contributed by atoms with E-state index in [0.717, 1.165) is 23.7 Å². The second kappa shape index (κ2) is 4.76. The second-order valence-electron chi connectivity index (χ2n) is 4.88. The first-order valence-corrected chi connectivity index (χ1v) is 5.62. The Morgan fingerprint density at radius 3 is 2.29 bits per heavy atom. The molecule has 1 rings (SSSR count). The zero-order valence-electron chi connectivity index (χ0n) is 9.99. The predicted molar refractivity (Wildman–Crippen MR) is 59.0 cm³/mol. The van der Waals surface area contributed by atoms with Gasteiger partial charge in [0.15, 0.2) is 0 Å². The Bertz CT molecular complexity index is 201. The van der Waals surface area contributed by atoms with Crippen LogP contribution in [-0.4, -0.2) is 13.1 Å². The molecule has 0 amide bonds. The lowest BCUT2D eigenvalue weighted by molar-refractivity contribution is 0.334. The van der Waals surface area contributed by atoms with Crippen molar-refractivity contribution in [3.05, 3.63) is 0 Å². The molecule has 0 spiro atoms. The van der Waals surface area contributed by atoms with Crippen molar-refractivity contribution in [3.63, 3.8) is 0 Å². The van der Waals surface area contributed by atoms with Gasteiger partial charge in [0.05, 0.1) is 7.05 Å². The SMILES string of the molecule is CN=NNC(C)C1CC1C(C)C(C)C. The largest absolute Gasteiger partial charge is 0.289 e. The highest BCUT2D eigenvalue weighted by Crippen LogP contribution is 2.48. The van der Waals surface area contributed by atoms with Gasteiger partial charge in [-0.25, -0.2) is 0 Å². The minimum atomic E-state index is 0.477. The van der Waals surface area contributed by atoms with Crippen LogP contribution < -0.4 is 5.43 Å². The molecule has 14 heavy (non-hydrogen) atoms. The van der Waals surface area contributed by atoms with Gasteiger partial charge in [-0.15, -0.1) is 0 Å². The van der Waals surface area contributed by atoms with Crippen LogP contribution in [-0.2, 0) is 0 Å². The van der Waals surface area contributed by atoms with Gasteiger partial charge in [-0.05, 0) is 37.0 Å². The molecule has 0 radical (unpaired) electrons. The van der Waals surface area contributed by atoms with Gasteiger partial charge >= 0.3 is 0 Å². The van der Waals surface area contributed by atoms with Crippen molar-refractivity contribution < 1.29 is 0 Å². The van der Waals surface area contributed by atoms with Crippen molar-refractivity contribution in [2.45, 2.75) is 40.2 Å². The van der Waals surface area contributed by atoms with E-state index in [4.69, 9.17) is 0 Å². The molecule has 1 aliphatic rings. The molecule has 1 N–H and O–H groups in total. The molecule has 0 aliphatic heterocycles. The molecule has 0 aromatic carbocycles. The summed E-state index contributed by atoms with van der Waals surface area (Å²) in [6.45, 7) is 9.18. The smallest absolute Gasteiger partial charge is 0.0509 e. The summed E-state index contributed by atoms with van der Waals surface area (Å²) in [6, 6.07) is 0.477. The van der Waals surface area contributed by atoms with Gasteiger partial charge in [-0.3, -0.25) is 5.43 Å². The Kier molecular flexibility index (Phi) is 3.90. The first kappa shape index (κ1) is 11.5. The molecule has 0 aromatic rings. The van der Waals surface area contributed by atoms with Crippen LogP contribution in [0.15, 0.2) is 10.3 Å². The lowest BCUT2D eigenvalue weighted by Gasteiger charge is -2.17. The zero-order valence-corrected chi connectivity index (χ0v) is 9.99. The van der Waals surface area contributed by atoms with Gasteiger partial charge in [0.25, 0.3) is 0 Å². The lowest BCUT2D eigenvalue weighted by atomic mass is 9.91. The Labute approximate surface area is 87.3 Å². The molecule has 1 aliphatic carbocycles. The van der Waals surface area contributed by atoms with Crippen molar-refractivity contribution in [2.75, 3.05) is 7.05 Å². The highest BCUT2D eigenvalue weighted by molar-refractivity contribution is 4.95. The predicted octanol–water partition coefficient (Wildman–Crippen LogP) is 2.89. The number of nitrogens with one attached hydrogen (secondary N) is 1. The third-order valence-corrected chi connectivity index (χ3v) is 3.62. The number of rotatable bonds is 5. The van der Waals surface area contributed by atoms with Gasteiger partial charge in [-0.2, -0.15) is 5.11 Å². The fourth-order valence-electron chi connectivity index (χ4n) is 2.15. The van der Waals surface area contributed by atoms with Crippen LogP contribution in [0.2, 0.25) is 0 Å². The first-order chi connectivity index (χ1) is 6.57. The molecule has 4 unspecified atom stereocenters. The zero-order chi connectivity index (χ0) is 10.7. The van der Waals surface area contributed by atoms with E-state index in [1.54, 1.807) is 7.05 Å². The number of hydrogen-bond acceptors (Lipinski definition) is 2. The van der Waals surface area contributed by atoms with Crippen LogP contribution in [0.3, 0.4) is 0 Å². The molecule has 1 fully saturated rings. The summed E-state index contributed by atoms with van der Waals surface area (Å²) < 4.78 is 0. The maximum atomic E-state index is 3.85. The van der Waals surface area contributed by atoms with Crippen molar-refractivity contribution >= 4 is 0 Å². The van der Waals surface area contributed by atoms with Crippen molar-refractivity contribution in [1.82, 2.24) is 5.43 Å². The average molecular weight is 197 g/mol. The molecule has 0 heterocycles. The average Bonchev–Trinajstić information content (AvgIpc) is 2.92. The van der Waals surface area contributed by atoms with Gasteiger partial charge in [-0.1, -0.05) is 26.0 Å². The molecule has 3 heteroatoms. The summed E-state index contributed by atoms with van der Waals surface area (Å²) in [5, 5.41) is 7.55. The van der Waals surface area contributed by atoms with E-state index >= 15 is 0 Å². The summed E-state index contributed by atoms with van der Waals surface area (Å²) in [6.07, 6.45) is 1.35. The van der Waals surface area contributed by atoms with E-state index in [1.807, 2.05) is 0 Å². The van der Waals surface area contributed by atoms with Crippen LogP contribution >= 0.6 is 0 Å². The van der Waals surface area contributed by atoms with E-state index in [0.29, 0.717) is 6.04 Å². The summed E-state index contributed by atoms with van der Waals surface area (Å²) in [4.78, 5) is 0. The Morgan fingerprint density at radius 2 is 1.79 bits per heavy atom. The van der Waals surface area contributed by atoms with Gasteiger partial charge in [0.2, 0.25) is 0 Å². The fraction of sp³-hybridized carbons (Fsp3) is 1.00. The van der Waals surface area contributed by atoms with Gasteiger partial charge < -0.3 is 0 Å². The van der Waals surface area contributed by atoms with Crippen LogP contribution in [0.25, 0.3) is 0 Å². The first-order valence-electron chi connectivity index (χ1n) is 5.62. The van der Waals surface area contributed by atoms with Crippen LogP contribution in [0, 0.1) is 23.7 Å². The van der Waals surface area contributed by atoms with E-state index in [2.05, 4.69) is 43.5 Å². The van der Waals surface area contributed by atoms with Crippen molar-refractivity contribution in [1.29, 1.82) is 0 Å². The van der Waals surface area contributed by atoms with E-state index in [1.165, 1.54) is 6.42 Å². The Balaban J connectivity index is 2.31. The van der Waals surface area contributed by atoms with E-state index in [9.17, 15) is 0 Å². The van der Waals surface area contributed by atoms with Gasteiger partial charge in [0, 0.05) is 6.04 Å². The minimum Gasteiger partial charge on any atom is -0.289 e. The monoisotopic (exact) mass is 197 g/mol. The second-order valence-corrected chi connectivity index (χ2v) is 4.88. The third kappa shape index (κ3) is 2.69. The molecule has 1 saturated carbocycles. The van der Waals surface area contributed by atoms with E-state index in [-0.39, 0.29) is 0 Å². The maximum absolute atomic E-state index is 3.85. The molecule has 0 bridgehead atoms. The maximum Gasteiger partial charge on any atom is 0.0509 e. The molecule has 3 nitrogen and oxygen atoms in total. The summed E-state index contributed by atoms with van der Waals surface area (Å²) in [5.41, 5.74) is 3.08. The quantitative estimate of drug-likeness (QED) is 0.534. The van der Waals surface area contributed by atoms with Crippen molar-refractivity contribution in [3.8, 4) is 0 Å². The van der Waals surface area contributed by atoms with Crippen molar-refractivity contribution in [2.24, 2.45) is 34.0 Å². The summed E-state index contributed by atoms with van der Waals surface area (Å²) >= 11 is 0. The fourth-order valence-corrected chi connectivity index (χ4v) is 2.15. The van der Waals surface area contributed by atoms with Gasteiger partial charge in [0.1, 0.15) is 0 Å². The molecule has 0 aromatic heterocycles. The molecular formula is C11H23N3. The van der Waals surface area contributed by atoms with E-state index < -0.39 is 0 Å². The number of nitrogens with zero attached hydrogens (tertiary/aromatic N) is 2. The van der Waals surface area contributed by atoms with Crippen LogP contribution in [0.1, 0.15) is 34.1 Å².